The van der Waals surface area contributed by atoms with Gasteiger partial charge in [-0.1, -0.05) is 20.8 Å². The molecule has 0 aliphatic rings. The molecule has 0 bridgehead atoms. The molecule has 1 N–H and O–H groups in total. The van der Waals surface area contributed by atoms with Gasteiger partial charge in [-0.05, 0) is 39.9 Å². The van der Waals surface area contributed by atoms with E-state index < -0.39 is 17.7 Å². The molecule has 1 atom stereocenters. The topological polar surface area (TPSA) is 20.2 Å². The van der Waals surface area contributed by atoms with Crippen LogP contribution >= 0.6 is 15.9 Å². The van der Waals surface area contributed by atoms with E-state index in [0.717, 1.165) is 0 Å². The molecule has 0 saturated heterocycles. The summed E-state index contributed by atoms with van der Waals surface area (Å²) in [5.41, 5.74) is -0.130. The number of hydrogen-bond donors (Lipinski definition) is 1. The van der Waals surface area contributed by atoms with Crippen LogP contribution in [0.2, 0.25) is 0 Å². The predicted octanol–water partition coefficient (Wildman–Crippen LogP) is 4.07. The molecule has 0 aliphatic carbocycles. The van der Waals surface area contributed by atoms with Crippen molar-refractivity contribution in [2.24, 2.45) is 5.41 Å². The lowest BCUT2D eigenvalue weighted by Gasteiger charge is -2.22. The maximum absolute atomic E-state index is 13.7. The van der Waals surface area contributed by atoms with Crippen LogP contribution in [0.1, 0.15) is 32.8 Å². The SMILES string of the molecule is CC(C)(C)CC(O)Cc1c(F)ccc(Br)c1F. The summed E-state index contributed by atoms with van der Waals surface area (Å²) in [6.07, 6.45) is -0.249. The van der Waals surface area contributed by atoms with Crippen molar-refractivity contribution in [1.82, 2.24) is 0 Å². The quantitative estimate of drug-likeness (QED) is 0.835. The minimum absolute atomic E-state index is 0.00558. The molecule has 0 radical (unpaired) electrons. The van der Waals surface area contributed by atoms with Gasteiger partial charge in [-0.3, -0.25) is 0 Å². The van der Waals surface area contributed by atoms with E-state index in [1.165, 1.54) is 12.1 Å². The first-order chi connectivity index (χ1) is 7.70. The van der Waals surface area contributed by atoms with Crippen molar-refractivity contribution < 1.29 is 13.9 Å². The van der Waals surface area contributed by atoms with Gasteiger partial charge in [0, 0.05) is 12.0 Å². The summed E-state index contributed by atoms with van der Waals surface area (Å²) in [5.74, 6) is -1.24. The minimum Gasteiger partial charge on any atom is -0.393 e. The van der Waals surface area contributed by atoms with Gasteiger partial charge >= 0.3 is 0 Å². The highest BCUT2D eigenvalue weighted by Crippen LogP contribution is 2.26. The number of benzene rings is 1. The first-order valence-electron chi connectivity index (χ1n) is 5.51. The normalized spacial score (nSPS) is 13.8. The lowest BCUT2D eigenvalue weighted by atomic mass is 9.87. The summed E-state index contributed by atoms with van der Waals surface area (Å²) < 4.78 is 27.3. The summed E-state index contributed by atoms with van der Waals surface area (Å²) in [4.78, 5) is 0. The van der Waals surface area contributed by atoms with Crippen LogP contribution in [0.15, 0.2) is 16.6 Å². The summed E-state index contributed by atoms with van der Waals surface area (Å²) in [6.45, 7) is 5.93. The maximum atomic E-state index is 13.7. The number of aliphatic hydroxyl groups is 1. The van der Waals surface area contributed by atoms with E-state index in [2.05, 4.69) is 15.9 Å². The Hall–Kier alpha value is -0.480. The predicted molar refractivity (Wildman–Crippen MR) is 67.8 cm³/mol. The molecular formula is C13H17BrF2O. The fraction of sp³-hybridized carbons (Fsp3) is 0.538. The Morgan fingerprint density at radius 2 is 1.88 bits per heavy atom. The molecule has 17 heavy (non-hydrogen) atoms. The van der Waals surface area contributed by atoms with Gasteiger partial charge in [-0.2, -0.15) is 0 Å². The molecule has 96 valence electrons. The highest BCUT2D eigenvalue weighted by molar-refractivity contribution is 9.10. The first kappa shape index (κ1) is 14.6. The molecule has 0 fully saturated rings. The largest absolute Gasteiger partial charge is 0.393 e. The molecule has 0 amide bonds. The van der Waals surface area contributed by atoms with Crippen LogP contribution in [0.25, 0.3) is 0 Å². The van der Waals surface area contributed by atoms with Crippen molar-refractivity contribution in [3.8, 4) is 0 Å². The van der Waals surface area contributed by atoms with Gasteiger partial charge in [-0.25, -0.2) is 8.78 Å². The second-order valence-electron chi connectivity index (χ2n) is 5.44. The molecular weight excluding hydrogens is 290 g/mol. The molecule has 1 nitrogen and oxygen atoms in total. The van der Waals surface area contributed by atoms with Gasteiger partial charge in [0.25, 0.3) is 0 Å². The Morgan fingerprint density at radius 1 is 1.29 bits per heavy atom. The van der Waals surface area contributed by atoms with Gasteiger partial charge in [0.15, 0.2) is 0 Å². The van der Waals surface area contributed by atoms with Crippen molar-refractivity contribution >= 4 is 15.9 Å². The van der Waals surface area contributed by atoms with E-state index in [-0.39, 0.29) is 21.9 Å². The molecule has 0 aliphatic heterocycles. The Kier molecular flexibility index (Phi) is 4.67. The second-order valence-corrected chi connectivity index (χ2v) is 6.30. The Labute approximate surface area is 109 Å². The first-order valence-corrected chi connectivity index (χ1v) is 6.30. The molecule has 1 unspecified atom stereocenters. The second kappa shape index (κ2) is 5.44. The van der Waals surface area contributed by atoms with Crippen molar-refractivity contribution in [2.75, 3.05) is 0 Å². The number of halogens is 3. The fourth-order valence-electron chi connectivity index (χ4n) is 1.77. The van der Waals surface area contributed by atoms with Crippen LogP contribution < -0.4 is 0 Å². The lowest BCUT2D eigenvalue weighted by Crippen LogP contribution is -2.20. The molecule has 0 aromatic heterocycles. The van der Waals surface area contributed by atoms with Crippen molar-refractivity contribution in [3.05, 3.63) is 33.8 Å². The van der Waals surface area contributed by atoms with E-state index >= 15 is 0 Å². The van der Waals surface area contributed by atoms with Gasteiger partial charge in [0.1, 0.15) is 11.6 Å². The zero-order valence-corrected chi connectivity index (χ0v) is 11.8. The molecule has 1 aromatic carbocycles. The highest BCUT2D eigenvalue weighted by atomic mass is 79.9. The van der Waals surface area contributed by atoms with Crippen molar-refractivity contribution in [2.45, 2.75) is 39.7 Å². The van der Waals surface area contributed by atoms with E-state index in [9.17, 15) is 13.9 Å². The van der Waals surface area contributed by atoms with Crippen LogP contribution in [0, 0.1) is 17.0 Å². The van der Waals surface area contributed by atoms with Crippen molar-refractivity contribution in [1.29, 1.82) is 0 Å². The van der Waals surface area contributed by atoms with Gasteiger partial charge in [0.05, 0.1) is 10.6 Å². The third-order valence-electron chi connectivity index (χ3n) is 2.43. The molecule has 4 heteroatoms. The summed E-state index contributed by atoms with van der Waals surface area (Å²) in [5, 5.41) is 9.83. The Morgan fingerprint density at radius 3 is 2.41 bits per heavy atom. The van der Waals surface area contributed by atoms with Crippen LogP contribution in [-0.4, -0.2) is 11.2 Å². The maximum Gasteiger partial charge on any atom is 0.143 e. The van der Waals surface area contributed by atoms with Gasteiger partial charge in [0.2, 0.25) is 0 Å². The van der Waals surface area contributed by atoms with Crippen LogP contribution in [-0.2, 0) is 6.42 Å². The molecule has 0 spiro atoms. The van der Waals surface area contributed by atoms with Crippen LogP contribution in [0.4, 0.5) is 8.78 Å². The minimum atomic E-state index is -0.742. The van der Waals surface area contributed by atoms with Gasteiger partial charge < -0.3 is 5.11 Å². The molecule has 0 saturated carbocycles. The zero-order valence-electron chi connectivity index (χ0n) is 10.2. The summed E-state index contributed by atoms with van der Waals surface area (Å²) in [7, 11) is 0. The average molecular weight is 307 g/mol. The third-order valence-corrected chi connectivity index (χ3v) is 3.04. The average Bonchev–Trinajstić information content (AvgIpc) is 2.16. The number of aliphatic hydroxyl groups excluding tert-OH is 1. The van der Waals surface area contributed by atoms with E-state index in [1.54, 1.807) is 0 Å². The zero-order chi connectivity index (χ0) is 13.2. The lowest BCUT2D eigenvalue weighted by molar-refractivity contribution is 0.119. The third kappa shape index (κ3) is 4.36. The van der Waals surface area contributed by atoms with E-state index in [1.807, 2.05) is 20.8 Å². The Bertz CT molecular complexity index is 399. The van der Waals surface area contributed by atoms with E-state index in [0.29, 0.717) is 6.42 Å². The molecule has 1 aromatic rings. The standard InChI is InChI=1S/C13H17BrF2O/c1-13(2,3)7-8(17)6-9-11(15)5-4-10(14)12(9)16/h4-5,8,17H,6-7H2,1-3H3. The van der Waals surface area contributed by atoms with Crippen LogP contribution in [0.5, 0.6) is 0 Å². The van der Waals surface area contributed by atoms with Gasteiger partial charge in [-0.15, -0.1) is 0 Å². The molecule has 1 rings (SSSR count). The number of rotatable bonds is 3. The van der Waals surface area contributed by atoms with E-state index in [4.69, 9.17) is 0 Å². The summed E-state index contributed by atoms with van der Waals surface area (Å²) in [6, 6.07) is 2.52. The molecule has 0 heterocycles. The smallest absolute Gasteiger partial charge is 0.143 e. The fourth-order valence-corrected chi connectivity index (χ4v) is 2.14. The monoisotopic (exact) mass is 306 g/mol. The highest BCUT2D eigenvalue weighted by Gasteiger charge is 2.21. The number of hydrogen-bond acceptors (Lipinski definition) is 1. The Balaban J connectivity index is 2.85. The van der Waals surface area contributed by atoms with Crippen LogP contribution in [0.3, 0.4) is 0 Å². The van der Waals surface area contributed by atoms with Crippen molar-refractivity contribution in [3.63, 3.8) is 0 Å². The summed E-state index contributed by atoms with van der Waals surface area (Å²) >= 11 is 3.01.